The first-order chi connectivity index (χ1) is 20.4. The third kappa shape index (κ3) is 8.52. The van der Waals surface area contributed by atoms with Crippen molar-refractivity contribution in [3.05, 3.63) is 82.7 Å². The van der Waals surface area contributed by atoms with E-state index in [1.807, 2.05) is 0 Å². The number of likely N-dealkylation sites (tertiary alicyclic amines) is 1. The molecule has 3 rings (SSSR count). The van der Waals surface area contributed by atoms with Gasteiger partial charge in [-0.15, -0.1) is 6.58 Å². The van der Waals surface area contributed by atoms with Crippen molar-refractivity contribution in [1.29, 1.82) is 0 Å². The number of hydrogen-bond acceptors (Lipinski definition) is 3. The Hall–Kier alpha value is -3.61. The minimum atomic E-state index is -5.03. The third-order valence-electron chi connectivity index (χ3n) is 8.04. The van der Waals surface area contributed by atoms with Crippen LogP contribution in [0.1, 0.15) is 66.6 Å². The summed E-state index contributed by atoms with van der Waals surface area (Å²) in [6, 6.07) is 3.12. The highest BCUT2D eigenvalue weighted by atomic mass is 19.4. The fourth-order valence-corrected chi connectivity index (χ4v) is 5.59. The van der Waals surface area contributed by atoms with Crippen LogP contribution in [-0.4, -0.2) is 65.9 Å². The van der Waals surface area contributed by atoms with E-state index in [1.54, 1.807) is 19.1 Å². The van der Waals surface area contributed by atoms with Crippen LogP contribution in [0.5, 0.6) is 0 Å². The Morgan fingerprint density at radius 2 is 1.70 bits per heavy atom. The average molecular weight is 631 g/mol. The van der Waals surface area contributed by atoms with Crippen LogP contribution in [0.4, 0.5) is 35.5 Å². The van der Waals surface area contributed by atoms with Gasteiger partial charge in [-0.1, -0.05) is 12.1 Å². The first-order valence-electron chi connectivity index (χ1n) is 14.1. The standard InChI is InChI=1S/C31H37F7N4O2/c1-6-11-41(13-10-39-21(4)43)26-9-12-42(28(18-26)27-8-7-25(32)14-19(27)2)29(44)40(5)20(3)22-15-23(30(33,34)35)17-24(16-22)31(36,37)38/h6-8,14-17,20,26,28H,1,9-13,18H2,2-5H3,(H,39,43)/t20-,26+,28-/m1/s1. The van der Waals surface area contributed by atoms with Crippen LogP contribution in [0.25, 0.3) is 0 Å². The van der Waals surface area contributed by atoms with Crippen molar-refractivity contribution >= 4 is 11.9 Å². The molecule has 242 valence electrons. The van der Waals surface area contributed by atoms with E-state index in [9.17, 15) is 40.3 Å². The predicted molar refractivity (Wildman–Crippen MR) is 152 cm³/mol. The smallest absolute Gasteiger partial charge is 0.355 e. The number of nitrogens with one attached hydrogen (secondary N) is 1. The van der Waals surface area contributed by atoms with Crippen LogP contribution in [0.15, 0.2) is 49.1 Å². The molecule has 0 saturated carbocycles. The highest BCUT2D eigenvalue weighted by Gasteiger charge is 2.40. The second-order valence-electron chi connectivity index (χ2n) is 11.1. The number of amides is 3. The van der Waals surface area contributed by atoms with E-state index in [0.717, 1.165) is 4.90 Å². The molecule has 2 aromatic rings. The molecule has 6 nitrogen and oxygen atoms in total. The topological polar surface area (TPSA) is 55.9 Å². The minimum Gasteiger partial charge on any atom is -0.355 e. The van der Waals surface area contributed by atoms with Gasteiger partial charge >= 0.3 is 18.4 Å². The van der Waals surface area contributed by atoms with Crippen LogP contribution < -0.4 is 5.32 Å². The summed E-state index contributed by atoms with van der Waals surface area (Å²) in [6.07, 6.45) is -7.41. The molecule has 13 heteroatoms. The molecule has 2 aromatic carbocycles. The van der Waals surface area contributed by atoms with Crippen molar-refractivity contribution in [2.24, 2.45) is 0 Å². The van der Waals surface area contributed by atoms with Gasteiger partial charge in [0.25, 0.3) is 0 Å². The Balaban J connectivity index is 1.96. The zero-order valence-electron chi connectivity index (χ0n) is 25.0. The number of piperidine rings is 1. The molecule has 1 heterocycles. The molecule has 0 aromatic heterocycles. The van der Waals surface area contributed by atoms with Gasteiger partial charge in [0.1, 0.15) is 5.82 Å². The molecule has 0 bridgehead atoms. The largest absolute Gasteiger partial charge is 0.416 e. The monoisotopic (exact) mass is 630 g/mol. The maximum atomic E-state index is 14.0. The van der Waals surface area contributed by atoms with Crippen molar-refractivity contribution in [3.8, 4) is 0 Å². The third-order valence-corrected chi connectivity index (χ3v) is 8.04. The van der Waals surface area contributed by atoms with Gasteiger partial charge in [-0.3, -0.25) is 9.69 Å². The maximum absolute atomic E-state index is 14.0. The normalized spacial score (nSPS) is 18.2. The lowest BCUT2D eigenvalue weighted by atomic mass is 9.88. The fourth-order valence-electron chi connectivity index (χ4n) is 5.59. The van der Waals surface area contributed by atoms with Gasteiger partial charge in [-0.25, -0.2) is 9.18 Å². The van der Waals surface area contributed by atoms with Gasteiger partial charge < -0.3 is 15.1 Å². The van der Waals surface area contributed by atoms with Crippen molar-refractivity contribution in [1.82, 2.24) is 20.0 Å². The summed E-state index contributed by atoms with van der Waals surface area (Å²) in [6.45, 7) is 9.91. The molecule has 0 radical (unpaired) electrons. The molecule has 0 unspecified atom stereocenters. The average Bonchev–Trinajstić information content (AvgIpc) is 2.94. The van der Waals surface area contributed by atoms with E-state index in [4.69, 9.17) is 0 Å². The Kier molecular flexibility index (Phi) is 11.1. The van der Waals surface area contributed by atoms with E-state index in [0.29, 0.717) is 55.7 Å². The van der Waals surface area contributed by atoms with Gasteiger partial charge in [0.2, 0.25) is 5.91 Å². The van der Waals surface area contributed by atoms with Crippen LogP contribution >= 0.6 is 0 Å². The Bertz CT molecular complexity index is 1310. The summed E-state index contributed by atoms with van der Waals surface area (Å²) < 4.78 is 95.1. The van der Waals surface area contributed by atoms with Gasteiger partial charge in [0.05, 0.1) is 23.2 Å². The molecule has 0 spiro atoms. The van der Waals surface area contributed by atoms with Crippen molar-refractivity contribution < 1.29 is 40.3 Å². The molecule has 1 saturated heterocycles. The van der Waals surface area contributed by atoms with Crippen LogP contribution in [0.3, 0.4) is 0 Å². The number of alkyl halides is 6. The van der Waals surface area contributed by atoms with E-state index < -0.39 is 47.4 Å². The molecule has 3 atom stereocenters. The van der Waals surface area contributed by atoms with Crippen molar-refractivity contribution in [2.75, 3.05) is 33.2 Å². The SMILES string of the molecule is C=CCN(CCNC(C)=O)[C@H]1CCN(C(=O)N(C)[C@H](C)c2cc(C(F)(F)F)cc(C(F)(F)F)c2)[C@@H](c2ccc(F)cc2C)C1. The minimum absolute atomic E-state index is 0.0527. The molecule has 1 aliphatic heterocycles. The lowest BCUT2D eigenvalue weighted by Crippen LogP contribution is -2.52. The predicted octanol–water partition coefficient (Wildman–Crippen LogP) is 7.11. The maximum Gasteiger partial charge on any atom is 0.416 e. The summed E-state index contributed by atoms with van der Waals surface area (Å²) in [5, 5.41) is 2.76. The second-order valence-corrected chi connectivity index (χ2v) is 11.1. The van der Waals surface area contributed by atoms with Gasteiger partial charge in [-0.2, -0.15) is 26.3 Å². The van der Waals surface area contributed by atoms with Crippen molar-refractivity contribution in [3.63, 3.8) is 0 Å². The number of carbonyl (C=O) groups is 2. The molecule has 44 heavy (non-hydrogen) atoms. The van der Waals surface area contributed by atoms with Crippen LogP contribution in [-0.2, 0) is 17.1 Å². The Morgan fingerprint density at radius 3 is 2.23 bits per heavy atom. The summed E-state index contributed by atoms with van der Waals surface area (Å²) in [5.74, 6) is -0.639. The summed E-state index contributed by atoms with van der Waals surface area (Å²) in [5.41, 5.74) is -1.98. The molecule has 1 fully saturated rings. The van der Waals surface area contributed by atoms with Crippen LogP contribution in [0, 0.1) is 12.7 Å². The highest BCUT2D eigenvalue weighted by molar-refractivity contribution is 5.75. The highest BCUT2D eigenvalue weighted by Crippen LogP contribution is 2.40. The number of halogens is 7. The molecule has 0 aliphatic carbocycles. The van der Waals surface area contributed by atoms with Gasteiger partial charge in [0, 0.05) is 46.2 Å². The number of nitrogens with zero attached hydrogens (tertiary/aromatic N) is 3. The summed E-state index contributed by atoms with van der Waals surface area (Å²) in [4.78, 5) is 30.1. The molecule has 1 aliphatic rings. The Labute approximate surface area is 252 Å². The number of urea groups is 1. The van der Waals surface area contributed by atoms with E-state index in [2.05, 4.69) is 16.8 Å². The van der Waals surface area contributed by atoms with Gasteiger partial charge in [0.15, 0.2) is 0 Å². The fraction of sp³-hybridized carbons (Fsp3) is 0.484. The number of benzene rings is 2. The van der Waals surface area contributed by atoms with E-state index >= 15 is 0 Å². The van der Waals surface area contributed by atoms with Gasteiger partial charge in [-0.05, 0) is 73.7 Å². The molecular weight excluding hydrogens is 593 g/mol. The zero-order chi connectivity index (χ0) is 33.0. The number of rotatable bonds is 9. The molecule has 1 N–H and O–H groups in total. The number of hydrogen-bond donors (Lipinski definition) is 1. The van der Waals surface area contributed by atoms with Crippen LogP contribution in [0.2, 0.25) is 0 Å². The van der Waals surface area contributed by atoms with Crippen molar-refractivity contribution in [2.45, 2.75) is 64.1 Å². The van der Waals surface area contributed by atoms with E-state index in [-0.39, 0.29) is 30.1 Å². The zero-order valence-corrected chi connectivity index (χ0v) is 25.0. The molecule has 3 amide bonds. The van der Waals surface area contributed by atoms with E-state index in [1.165, 1.54) is 37.9 Å². The lowest BCUT2D eigenvalue weighted by molar-refractivity contribution is -0.143. The second kappa shape index (κ2) is 14.0. The first-order valence-corrected chi connectivity index (χ1v) is 14.1. The number of carbonyl (C=O) groups excluding carboxylic acids is 2. The number of aryl methyl sites for hydroxylation is 1. The summed E-state index contributed by atoms with van der Waals surface area (Å²) >= 11 is 0. The Morgan fingerprint density at radius 1 is 1.09 bits per heavy atom. The summed E-state index contributed by atoms with van der Waals surface area (Å²) in [7, 11) is 1.33. The lowest BCUT2D eigenvalue weighted by Gasteiger charge is -2.45. The quantitative estimate of drug-likeness (QED) is 0.237. The molecular formula is C31H37F7N4O2. The first kappa shape index (κ1) is 34.9.